The van der Waals surface area contributed by atoms with E-state index in [1.165, 1.54) is 10.6 Å². The first-order chi connectivity index (χ1) is 6.32. The van der Waals surface area contributed by atoms with Crippen LogP contribution >= 0.6 is 0 Å². The van der Waals surface area contributed by atoms with Crippen LogP contribution in [0.4, 0.5) is 0 Å². The molecule has 0 bridgehead atoms. The summed E-state index contributed by atoms with van der Waals surface area (Å²) in [6.45, 7) is 4.28. The van der Waals surface area contributed by atoms with Crippen molar-refractivity contribution < 1.29 is 13.5 Å². The van der Waals surface area contributed by atoms with Gasteiger partial charge in [0.1, 0.15) is 0 Å². The molecule has 1 rings (SSSR count). The lowest BCUT2D eigenvalue weighted by molar-refractivity contribution is 0.0680. The number of hydrogen-bond donors (Lipinski definition) is 1. The van der Waals surface area contributed by atoms with Crippen LogP contribution in [0.3, 0.4) is 0 Å². The quantitative estimate of drug-likeness (QED) is 0.735. The fourth-order valence-corrected chi connectivity index (χ4v) is 3.20. The zero-order valence-electron chi connectivity index (χ0n) is 8.97. The second-order valence-electron chi connectivity index (χ2n) is 4.31. The van der Waals surface area contributed by atoms with E-state index in [0.717, 1.165) is 12.8 Å². The van der Waals surface area contributed by atoms with E-state index in [2.05, 4.69) is 6.92 Å². The molecule has 0 amide bonds. The van der Waals surface area contributed by atoms with E-state index >= 15 is 0 Å². The summed E-state index contributed by atoms with van der Waals surface area (Å²) in [6, 6.07) is -0.242. The van der Waals surface area contributed by atoms with Crippen LogP contribution in [0.5, 0.6) is 0 Å². The molecule has 0 aromatic carbocycles. The highest BCUT2D eigenvalue weighted by Crippen LogP contribution is 2.26. The van der Waals surface area contributed by atoms with Gasteiger partial charge in [-0.25, -0.2) is 8.42 Å². The highest BCUT2D eigenvalue weighted by molar-refractivity contribution is 7.88. The molecule has 0 aromatic heterocycles. The minimum atomic E-state index is -3.17. The molecule has 0 spiro atoms. The molecule has 1 aliphatic heterocycles. The lowest BCUT2D eigenvalue weighted by atomic mass is 9.92. The lowest BCUT2D eigenvalue weighted by Gasteiger charge is -2.38. The number of rotatable bonds is 2. The Morgan fingerprint density at radius 3 is 2.50 bits per heavy atom. The maximum atomic E-state index is 11.4. The first kappa shape index (κ1) is 11.9. The van der Waals surface area contributed by atoms with E-state index in [9.17, 15) is 13.5 Å². The highest BCUT2D eigenvalue weighted by Gasteiger charge is 2.34. The van der Waals surface area contributed by atoms with Crippen LogP contribution < -0.4 is 0 Å². The van der Waals surface area contributed by atoms with Crippen molar-refractivity contribution in [3.63, 3.8) is 0 Å². The second kappa shape index (κ2) is 4.16. The van der Waals surface area contributed by atoms with E-state index in [-0.39, 0.29) is 6.04 Å². The zero-order chi connectivity index (χ0) is 10.9. The van der Waals surface area contributed by atoms with Gasteiger partial charge in [0.05, 0.1) is 18.4 Å². The molecule has 1 aliphatic rings. The summed E-state index contributed by atoms with van der Waals surface area (Å²) >= 11 is 0. The molecule has 3 unspecified atom stereocenters. The summed E-state index contributed by atoms with van der Waals surface area (Å²) in [6.07, 6.45) is 2.26. The minimum Gasteiger partial charge on any atom is -0.392 e. The molecule has 0 aromatic rings. The molecule has 1 saturated heterocycles. The van der Waals surface area contributed by atoms with Crippen LogP contribution in [0.2, 0.25) is 0 Å². The maximum absolute atomic E-state index is 11.4. The van der Waals surface area contributed by atoms with Crippen molar-refractivity contribution in [2.45, 2.75) is 38.8 Å². The van der Waals surface area contributed by atoms with Crippen LogP contribution in [0.25, 0.3) is 0 Å². The first-order valence-electron chi connectivity index (χ1n) is 4.97. The number of nitrogens with zero attached hydrogens (tertiary/aromatic N) is 1. The second-order valence-corrected chi connectivity index (χ2v) is 6.25. The summed E-state index contributed by atoms with van der Waals surface area (Å²) in [5.74, 6) is 0.493. The Morgan fingerprint density at radius 1 is 1.50 bits per heavy atom. The summed E-state index contributed by atoms with van der Waals surface area (Å²) < 4.78 is 24.3. The fraction of sp³-hybridized carbons (Fsp3) is 1.00. The van der Waals surface area contributed by atoms with Crippen LogP contribution in [0.15, 0.2) is 0 Å². The SMILES string of the molecule is CC1CCN(S(C)(=O)=O)C(C(C)O)C1. The van der Waals surface area contributed by atoms with E-state index in [0.29, 0.717) is 12.5 Å². The number of aliphatic hydroxyl groups excluding tert-OH is 1. The van der Waals surface area contributed by atoms with Gasteiger partial charge >= 0.3 is 0 Å². The summed E-state index contributed by atoms with van der Waals surface area (Å²) in [7, 11) is -3.17. The van der Waals surface area contributed by atoms with Gasteiger partial charge in [0.15, 0.2) is 0 Å². The van der Waals surface area contributed by atoms with Gasteiger partial charge in [-0.2, -0.15) is 4.31 Å². The third kappa shape index (κ3) is 2.68. The smallest absolute Gasteiger partial charge is 0.211 e. The van der Waals surface area contributed by atoms with Crippen LogP contribution in [-0.4, -0.2) is 42.8 Å². The van der Waals surface area contributed by atoms with Gasteiger partial charge in [-0.15, -0.1) is 0 Å². The Labute approximate surface area is 86.0 Å². The van der Waals surface area contributed by atoms with E-state index < -0.39 is 16.1 Å². The fourth-order valence-electron chi connectivity index (χ4n) is 2.01. The summed E-state index contributed by atoms with van der Waals surface area (Å²) in [5.41, 5.74) is 0. The number of sulfonamides is 1. The lowest BCUT2D eigenvalue weighted by Crippen LogP contribution is -2.50. The predicted octanol–water partition coefficient (Wildman–Crippen LogP) is 0.427. The van der Waals surface area contributed by atoms with Gasteiger partial charge in [-0.1, -0.05) is 6.92 Å². The van der Waals surface area contributed by atoms with E-state index in [1.807, 2.05) is 0 Å². The first-order valence-corrected chi connectivity index (χ1v) is 6.82. The Hall–Kier alpha value is -0.130. The van der Waals surface area contributed by atoms with Gasteiger partial charge in [0, 0.05) is 6.54 Å². The van der Waals surface area contributed by atoms with Gasteiger partial charge < -0.3 is 5.11 Å². The van der Waals surface area contributed by atoms with Crippen molar-refractivity contribution in [1.82, 2.24) is 4.31 Å². The average Bonchev–Trinajstić information content (AvgIpc) is 2.01. The summed E-state index contributed by atoms with van der Waals surface area (Å²) in [5, 5.41) is 9.52. The van der Waals surface area contributed by atoms with Crippen molar-refractivity contribution in [2.24, 2.45) is 5.92 Å². The van der Waals surface area contributed by atoms with Crippen LogP contribution in [-0.2, 0) is 10.0 Å². The molecule has 1 N–H and O–H groups in total. The average molecular weight is 221 g/mol. The Bertz CT molecular complexity index is 286. The molecule has 14 heavy (non-hydrogen) atoms. The molecule has 4 nitrogen and oxygen atoms in total. The standard InChI is InChI=1S/C9H19NO3S/c1-7-4-5-10(14(3,12)13)9(6-7)8(2)11/h7-9,11H,4-6H2,1-3H3. The zero-order valence-corrected chi connectivity index (χ0v) is 9.79. The normalized spacial score (nSPS) is 32.9. The maximum Gasteiger partial charge on any atom is 0.211 e. The minimum absolute atomic E-state index is 0.242. The molecular weight excluding hydrogens is 202 g/mol. The molecular formula is C9H19NO3S. The Kier molecular flexibility index (Phi) is 3.55. The molecule has 5 heteroatoms. The number of piperidine rings is 1. The van der Waals surface area contributed by atoms with Gasteiger partial charge in [-0.3, -0.25) is 0 Å². The Morgan fingerprint density at radius 2 is 2.07 bits per heavy atom. The van der Waals surface area contributed by atoms with Crippen molar-refractivity contribution in [3.8, 4) is 0 Å². The molecule has 0 aliphatic carbocycles. The third-order valence-electron chi connectivity index (χ3n) is 2.84. The molecule has 3 atom stereocenters. The van der Waals surface area contributed by atoms with Crippen molar-refractivity contribution in [3.05, 3.63) is 0 Å². The molecule has 0 radical (unpaired) electrons. The molecule has 1 heterocycles. The van der Waals surface area contributed by atoms with E-state index in [1.54, 1.807) is 6.92 Å². The summed E-state index contributed by atoms with van der Waals surface area (Å²) in [4.78, 5) is 0. The topological polar surface area (TPSA) is 57.6 Å². The molecule has 0 saturated carbocycles. The van der Waals surface area contributed by atoms with Crippen LogP contribution in [0, 0.1) is 5.92 Å². The van der Waals surface area contributed by atoms with Crippen molar-refractivity contribution in [1.29, 1.82) is 0 Å². The predicted molar refractivity (Wildman–Crippen MR) is 55.4 cm³/mol. The number of aliphatic hydroxyl groups is 1. The largest absolute Gasteiger partial charge is 0.392 e. The highest BCUT2D eigenvalue weighted by atomic mass is 32.2. The van der Waals surface area contributed by atoms with Crippen molar-refractivity contribution in [2.75, 3.05) is 12.8 Å². The van der Waals surface area contributed by atoms with Gasteiger partial charge in [-0.05, 0) is 25.7 Å². The Balaban J connectivity index is 2.83. The van der Waals surface area contributed by atoms with Gasteiger partial charge in [0.2, 0.25) is 10.0 Å². The van der Waals surface area contributed by atoms with Gasteiger partial charge in [0.25, 0.3) is 0 Å². The monoisotopic (exact) mass is 221 g/mol. The molecule has 84 valence electrons. The van der Waals surface area contributed by atoms with E-state index in [4.69, 9.17) is 0 Å². The third-order valence-corrected chi connectivity index (χ3v) is 4.14. The van der Waals surface area contributed by atoms with Crippen LogP contribution in [0.1, 0.15) is 26.7 Å². The number of hydrogen-bond acceptors (Lipinski definition) is 3. The van der Waals surface area contributed by atoms with Crippen molar-refractivity contribution >= 4 is 10.0 Å². The molecule has 1 fully saturated rings.